The molecule has 4 nitrogen and oxygen atoms in total. The predicted molar refractivity (Wildman–Crippen MR) is 82.6 cm³/mol. The Bertz CT molecular complexity index is 310. The lowest BCUT2D eigenvalue weighted by Gasteiger charge is -2.37. The molecule has 1 heterocycles. The van der Waals surface area contributed by atoms with Gasteiger partial charge < -0.3 is 14.4 Å². The van der Waals surface area contributed by atoms with Crippen LogP contribution in [0.3, 0.4) is 0 Å². The van der Waals surface area contributed by atoms with Crippen molar-refractivity contribution in [2.24, 2.45) is 5.41 Å². The van der Waals surface area contributed by atoms with E-state index in [1.807, 2.05) is 34.6 Å². The van der Waals surface area contributed by atoms with Gasteiger partial charge in [-0.25, -0.2) is 4.79 Å². The van der Waals surface area contributed by atoms with E-state index >= 15 is 0 Å². The fourth-order valence-electron chi connectivity index (χ4n) is 1.93. The highest BCUT2D eigenvalue weighted by Gasteiger charge is 2.31. The van der Waals surface area contributed by atoms with Crippen molar-refractivity contribution in [2.75, 3.05) is 20.2 Å². The van der Waals surface area contributed by atoms with Crippen LogP contribution in [0.2, 0.25) is 0 Å². The third-order valence-electron chi connectivity index (χ3n) is 3.16. The minimum Gasteiger partial charge on any atom is -0.505 e. The van der Waals surface area contributed by atoms with Crippen LogP contribution in [0.15, 0.2) is 12.3 Å². The number of ether oxygens (including phenoxy) is 2. The highest BCUT2D eigenvalue weighted by atomic mass is 16.6. The van der Waals surface area contributed by atoms with Crippen molar-refractivity contribution in [3.8, 4) is 0 Å². The van der Waals surface area contributed by atoms with Crippen molar-refractivity contribution in [3.63, 3.8) is 0 Å². The Morgan fingerprint density at radius 3 is 2.10 bits per heavy atom. The number of likely N-dealkylation sites (tertiary alicyclic amines) is 1. The molecule has 1 aliphatic rings. The van der Waals surface area contributed by atoms with Gasteiger partial charge in [0.1, 0.15) is 5.60 Å². The van der Waals surface area contributed by atoms with Crippen molar-refractivity contribution in [1.82, 2.24) is 4.90 Å². The van der Waals surface area contributed by atoms with Crippen molar-refractivity contribution in [3.05, 3.63) is 12.3 Å². The van der Waals surface area contributed by atoms with Gasteiger partial charge in [0, 0.05) is 13.1 Å². The number of hydrogen-bond donors (Lipinski definition) is 0. The molecule has 1 amide bonds. The molecule has 0 unspecified atom stereocenters. The maximum absolute atomic E-state index is 11.9. The van der Waals surface area contributed by atoms with Gasteiger partial charge in [0.15, 0.2) is 0 Å². The monoisotopic (exact) mass is 285 g/mol. The Morgan fingerprint density at radius 1 is 1.20 bits per heavy atom. The third kappa shape index (κ3) is 6.83. The van der Waals surface area contributed by atoms with Gasteiger partial charge in [-0.1, -0.05) is 20.8 Å². The first-order valence-corrected chi connectivity index (χ1v) is 7.44. The van der Waals surface area contributed by atoms with Gasteiger partial charge >= 0.3 is 6.09 Å². The average molecular weight is 285 g/mol. The molecule has 0 aromatic heterocycles. The maximum atomic E-state index is 11.9. The molecule has 0 atom stereocenters. The van der Waals surface area contributed by atoms with E-state index in [2.05, 4.69) is 13.0 Å². The molecule has 0 spiro atoms. The molecule has 0 aliphatic carbocycles. The molecule has 0 saturated carbocycles. The van der Waals surface area contributed by atoms with Gasteiger partial charge in [-0.05, 0) is 45.1 Å². The van der Waals surface area contributed by atoms with Gasteiger partial charge in [0.25, 0.3) is 0 Å². The van der Waals surface area contributed by atoms with E-state index in [1.165, 1.54) is 0 Å². The Kier molecular flexibility index (Phi) is 7.69. The fourth-order valence-corrected chi connectivity index (χ4v) is 1.93. The number of carbonyl (C=O) groups excluding carboxylic acids is 1. The summed E-state index contributed by atoms with van der Waals surface area (Å²) in [5.74, 6) is 0. The van der Waals surface area contributed by atoms with E-state index in [-0.39, 0.29) is 11.5 Å². The van der Waals surface area contributed by atoms with Crippen LogP contribution in [0.1, 0.15) is 54.4 Å². The molecule has 1 aliphatic heterocycles. The number of piperidine rings is 1. The van der Waals surface area contributed by atoms with Crippen molar-refractivity contribution in [2.45, 2.75) is 60.0 Å². The number of rotatable bonds is 2. The molecule has 0 aromatic rings. The molecule has 0 N–H and O–H groups in total. The standard InChI is InChI=1S/C14H25NO3.C2H6/c1-13(2,3)18-12(16)15-9-6-14(4,7-10-15)8-11-17-5;1-2/h8,11H,6-7,9-10H2,1-5H3;1-2H3/b11-8+;. The number of hydrogen-bond acceptors (Lipinski definition) is 3. The summed E-state index contributed by atoms with van der Waals surface area (Å²) in [6.07, 6.45) is 5.47. The SMILES string of the molecule is CC.CO/C=C/C1(C)CCN(C(=O)OC(C)(C)C)CC1. The van der Waals surface area contributed by atoms with Crippen molar-refractivity contribution < 1.29 is 14.3 Å². The summed E-state index contributed by atoms with van der Waals surface area (Å²) in [4.78, 5) is 13.7. The van der Waals surface area contributed by atoms with Gasteiger partial charge in [-0.3, -0.25) is 0 Å². The molecule has 1 rings (SSSR count). The van der Waals surface area contributed by atoms with Crippen LogP contribution in [0.25, 0.3) is 0 Å². The van der Waals surface area contributed by atoms with E-state index in [4.69, 9.17) is 9.47 Å². The van der Waals surface area contributed by atoms with Crippen LogP contribution in [-0.4, -0.2) is 36.8 Å². The van der Waals surface area contributed by atoms with E-state index in [0.717, 1.165) is 25.9 Å². The van der Waals surface area contributed by atoms with Crippen LogP contribution in [-0.2, 0) is 9.47 Å². The summed E-state index contributed by atoms with van der Waals surface area (Å²) in [6.45, 7) is 13.3. The van der Waals surface area contributed by atoms with E-state index < -0.39 is 5.60 Å². The van der Waals surface area contributed by atoms with Gasteiger partial charge in [0.05, 0.1) is 13.4 Å². The lowest BCUT2D eigenvalue weighted by molar-refractivity contribution is 0.0154. The first kappa shape index (κ1) is 18.8. The van der Waals surface area contributed by atoms with Crippen LogP contribution in [0, 0.1) is 5.41 Å². The van der Waals surface area contributed by atoms with Gasteiger partial charge in [-0.15, -0.1) is 0 Å². The second kappa shape index (κ2) is 8.18. The topological polar surface area (TPSA) is 38.8 Å². The zero-order valence-electron chi connectivity index (χ0n) is 14.2. The van der Waals surface area contributed by atoms with Crippen LogP contribution >= 0.6 is 0 Å². The summed E-state index contributed by atoms with van der Waals surface area (Å²) >= 11 is 0. The lowest BCUT2D eigenvalue weighted by Crippen LogP contribution is -2.43. The quantitative estimate of drug-likeness (QED) is 0.713. The summed E-state index contributed by atoms with van der Waals surface area (Å²) in [6, 6.07) is 0. The zero-order chi connectivity index (χ0) is 15.8. The highest BCUT2D eigenvalue weighted by molar-refractivity contribution is 5.68. The molecule has 0 bridgehead atoms. The Balaban J connectivity index is 0.00000172. The number of nitrogens with zero attached hydrogens (tertiary/aromatic N) is 1. The van der Waals surface area contributed by atoms with Crippen LogP contribution in [0.4, 0.5) is 4.79 Å². The predicted octanol–water partition coefficient (Wildman–Crippen LogP) is 4.21. The normalized spacial score (nSPS) is 18.2. The van der Waals surface area contributed by atoms with Gasteiger partial charge in [0.2, 0.25) is 0 Å². The van der Waals surface area contributed by atoms with E-state index in [0.29, 0.717) is 0 Å². The zero-order valence-corrected chi connectivity index (χ0v) is 14.2. The number of methoxy groups -OCH3 is 1. The molecule has 20 heavy (non-hydrogen) atoms. The summed E-state index contributed by atoms with van der Waals surface area (Å²) in [7, 11) is 1.65. The Labute approximate surface area is 124 Å². The molecular formula is C16H31NO3. The summed E-state index contributed by atoms with van der Waals surface area (Å²) < 4.78 is 10.3. The first-order valence-electron chi connectivity index (χ1n) is 7.44. The number of carbonyl (C=O) groups is 1. The molecule has 4 heteroatoms. The van der Waals surface area contributed by atoms with E-state index in [1.54, 1.807) is 18.3 Å². The summed E-state index contributed by atoms with van der Waals surface area (Å²) in [5.41, 5.74) is -0.303. The largest absolute Gasteiger partial charge is 0.505 e. The third-order valence-corrected chi connectivity index (χ3v) is 3.16. The maximum Gasteiger partial charge on any atom is 0.410 e. The molecule has 1 fully saturated rings. The minimum absolute atomic E-state index is 0.120. The number of amides is 1. The molecule has 0 radical (unpaired) electrons. The Morgan fingerprint density at radius 2 is 1.70 bits per heavy atom. The number of allylic oxidation sites excluding steroid dienone is 1. The Hall–Kier alpha value is -1.19. The molecular weight excluding hydrogens is 254 g/mol. The van der Waals surface area contributed by atoms with Crippen LogP contribution < -0.4 is 0 Å². The molecule has 1 saturated heterocycles. The highest BCUT2D eigenvalue weighted by Crippen LogP contribution is 2.32. The average Bonchev–Trinajstić information content (AvgIpc) is 2.37. The van der Waals surface area contributed by atoms with E-state index in [9.17, 15) is 4.79 Å². The lowest BCUT2D eigenvalue weighted by atomic mass is 9.80. The first-order chi connectivity index (χ1) is 9.26. The van der Waals surface area contributed by atoms with Crippen molar-refractivity contribution >= 4 is 6.09 Å². The second-order valence-electron chi connectivity index (χ2n) is 6.16. The fraction of sp³-hybridized carbons (Fsp3) is 0.812. The molecule has 118 valence electrons. The molecule has 0 aromatic carbocycles. The smallest absolute Gasteiger partial charge is 0.410 e. The minimum atomic E-state index is -0.423. The van der Waals surface area contributed by atoms with Crippen LogP contribution in [0.5, 0.6) is 0 Å². The van der Waals surface area contributed by atoms with Gasteiger partial charge in [-0.2, -0.15) is 0 Å². The summed E-state index contributed by atoms with van der Waals surface area (Å²) in [5, 5.41) is 0. The van der Waals surface area contributed by atoms with Crippen molar-refractivity contribution in [1.29, 1.82) is 0 Å². The second-order valence-corrected chi connectivity index (χ2v) is 6.16.